The van der Waals surface area contributed by atoms with Gasteiger partial charge in [0, 0.05) is 6.54 Å². The van der Waals surface area contributed by atoms with Crippen LogP contribution in [0.2, 0.25) is 0 Å². The molecule has 0 spiro atoms. The summed E-state index contributed by atoms with van der Waals surface area (Å²) in [6.07, 6.45) is 1.19. The fourth-order valence-corrected chi connectivity index (χ4v) is 2.60. The minimum Gasteiger partial charge on any atom is -0.493 e. The first-order chi connectivity index (χ1) is 13.6. The molecule has 0 radical (unpaired) electrons. The van der Waals surface area contributed by atoms with Crippen molar-refractivity contribution < 1.29 is 18.6 Å². The van der Waals surface area contributed by atoms with Gasteiger partial charge in [-0.05, 0) is 42.7 Å². The van der Waals surface area contributed by atoms with Gasteiger partial charge in [0.1, 0.15) is 6.10 Å². The lowest BCUT2D eigenvalue weighted by Crippen LogP contribution is -2.34. The highest BCUT2D eigenvalue weighted by molar-refractivity contribution is 14.0. The van der Waals surface area contributed by atoms with Crippen LogP contribution in [0.3, 0.4) is 0 Å². The summed E-state index contributed by atoms with van der Waals surface area (Å²) >= 11 is 0. The Balaban J connectivity index is 0.00000420. The number of methoxy groups -OCH3 is 2. The molecule has 0 bridgehead atoms. The van der Waals surface area contributed by atoms with Crippen molar-refractivity contribution in [2.75, 3.05) is 27.3 Å². The Bertz CT molecular complexity index is 790. The van der Waals surface area contributed by atoms with Crippen LogP contribution in [0.15, 0.2) is 47.5 Å². The zero-order valence-corrected chi connectivity index (χ0v) is 19.3. The number of nitrogens with two attached hydrogens (primary N) is 1. The highest BCUT2D eigenvalue weighted by Gasteiger charge is 2.11. The van der Waals surface area contributed by atoms with Crippen LogP contribution in [-0.2, 0) is 6.42 Å². The Morgan fingerprint density at radius 1 is 1.10 bits per heavy atom. The van der Waals surface area contributed by atoms with Gasteiger partial charge in [0.05, 0.1) is 20.8 Å². The first-order valence-electron chi connectivity index (χ1n) is 9.23. The van der Waals surface area contributed by atoms with Crippen LogP contribution in [0, 0.1) is 5.82 Å². The topological polar surface area (TPSA) is 78.1 Å². The summed E-state index contributed by atoms with van der Waals surface area (Å²) in [6.45, 7) is 2.93. The predicted octanol–water partition coefficient (Wildman–Crippen LogP) is 3.77. The minimum atomic E-state index is -0.383. The largest absolute Gasteiger partial charge is 0.493 e. The van der Waals surface area contributed by atoms with Gasteiger partial charge in [0.25, 0.3) is 0 Å². The summed E-state index contributed by atoms with van der Waals surface area (Å²) in [5.41, 5.74) is 7.02. The van der Waals surface area contributed by atoms with Gasteiger partial charge in [0.2, 0.25) is 0 Å². The van der Waals surface area contributed by atoms with E-state index in [2.05, 4.69) is 10.3 Å². The molecule has 8 heteroatoms. The molecule has 2 aromatic carbocycles. The molecule has 2 aromatic rings. The Labute approximate surface area is 188 Å². The van der Waals surface area contributed by atoms with Crippen molar-refractivity contribution in [3.8, 4) is 17.2 Å². The number of para-hydroxylation sites is 1. The fraction of sp³-hybridized carbons (Fsp3) is 0.381. The molecule has 0 amide bonds. The van der Waals surface area contributed by atoms with Crippen LogP contribution in [0.5, 0.6) is 17.2 Å². The lowest BCUT2D eigenvalue weighted by Gasteiger charge is -2.16. The molecule has 0 aliphatic rings. The molecule has 0 fully saturated rings. The molecule has 2 rings (SSSR count). The molecule has 0 aliphatic carbocycles. The first kappa shape index (κ1) is 24.8. The Morgan fingerprint density at radius 3 is 2.48 bits per heavy atom. The third-order valence-electron chi connectivity index (χ3n) is 4.22. The van der Waals surface area contributed by atoms with E-state index in [0.717, 1.165) is 12.0 Å². The number of rotatable bonds is 10. The molecule has 0 aliphatic heterocycles. The SMILES string of the molecule is CCC(CN=C(N)NCCc1ccc(OC)c(OC)c1)Oc1ccccc1F.I. The van der Waals surface area contributed by atoms with E-state index in [0.29, 0.717) is 37.0 Å². The predicted molar refractivity (Wildman–Crippen MR) is 124 cm³/mol. The van der Waals surface area contributed by atoms with E-state index in [1.807, 2.05) is 25.1 Å². The van der Waals surface area contributed by atoms with Crippen molar-refractivity contribution in [1.29, 1.82) is 0 Å². The standard InChI is InChI=1S/C21H28FN3O3.HI/c1-4-16(28-18-8-6-5-7-17(18)22)14-25-21(23)24-12-11-15-9-10-19(26-2)20(13-15)27-3;/h5-10,13,16H,4,11-12,14H2,1-3H3,(H3,23,24,25);1H. The summed E-state index contributed by atoms with van der Waals surface area (Å²) in [4.78, 5) is 4.30. The maximum atomic E-state index is 13.7. The second-order valence-corrected chi connectivity index (χ2v) is 6.17. The molecular formula is C21H29FIN3O3. The van der Waals surface area contributed by atoms with Crippen LogP contribution in [-0.4, -0.2) is 39.4 Å². The number of halogens is 2. The van der Waals surface area contributed by atoms with Gasteiger partial charge in [-0.25, -0.2) is 9.38 Å². The van der Waals surface area contributed by atoms with Crippen LogP contribution in [0.25, 0.3) is 0 Å². The lowest BCUT2D eigenvalue weighted by atomic mass is 10.1. The number of hydrogen-bond donors (Lipinski definition) is 2. The highest BCUT2D eigenvalue weighted by Crippen LogP contribution is 2.27. The van der Waals surface area contributed by atoms with Crippen LogP contribution in [0.4, 0.5) is 4.39 Å². The highest BCUT2D eigenvalue weighted by atomic mass is 127. The molecule has 3 N–H and O–H groups in total. The third kappa shape index (κ3) is 7.96. The molecule has 1 atom stereocenters. The van der Waals surface area contributed by atoms with E-state index in [4.69, 9.17) is 19.9 Å². The number of benzene rings is 2. The van der Waals surface area contributed by atoms with Gasteiger partial charge in [-0.2, -0.15) is 0 Å². The van der Waals surface area contributed by atoms with E-state index >= 15 is 0 Å². The number of ether oxygens (including phenoxy) is 3. The summed E-state index contributed by atoms with van der Waals surface area (Å²) in [5.74, 6) is 1.56. The minimum absolute atomic E-state index is 0. The van der Waals surface area contributed by atoms with Crippen molar-refractivity contribution in [2.45, 2.75) is 25.9 Å². The van der Waals surface area contributed by atoms with Crippen LogP contribution >= 0.6 is 24.0 Å². The van der Waals surface area contributed by atoms with Crippen molar-refractivity contribution in [1.82, 2.24) is 5.32 Å². The maximum Gasteiger partial charge on any atom is 0.188 e. The van der Waals surface area contributed by atoms with Crippen molar-refractivity contribution >= 4 is 29.9 Å². The normalized spacial score (nSPS) is 11.9. The van der Waals surface area contributed by atoms with E-state index in [1.165, 1.54) is 6.07 Å². The van der Waals surface area contributed by atoms with Crippen molar-refractivity contribution in [3.63, 3.8) is 0 Å². The molecule has 0 heterocycles. The maximum absolute atomic E-state index is 13.7. The van der Waals surface area contributed by atoms with Crippen molar-refractivity contribution in [3.05, 3.63) is 53.8 Å². The zero-order valence-electron chi connectivity index (χ0n) is 17.0. The van der Waals surface area contributed by atoms with Gasteiger partial charge >= 0.3 is 0 Å². The Kier molecular flexibility index (Phi) is 11.2. The van der Waals surface area contributed by atoms with Gasteiger partial charge in [-0.3, -0.25) is 0 Å². The fourth-order valence-electron chi connectivity index (χ4n) is 2.60. The molecule has 160 valence electrons. The molecule has 1 unspecified atom stereocenters. The Morgan fingerprint density at radius 2 is 1.83 bits per heavy atom. The smallest absolute Gasteiger partial charge is 0.188 e. The van der Waals surface area contributed by atoms with Gasteiger partial charge < -0.3 is 25.3 Å². The molecule has 0 saturated heterocycles. The quantitative estimate of drug-likeness (QED) is 0.285. The molecular weight excluding hydrogens is 488 g/mol. The number of nitrogens with one attached hydrogen (secondary N) is 1. The molecule has 0 saturated carbocycles. The van der Waals surface area contributed by atoms with Crippen molar-refractivity contribution in [2.24, 2.45) is 10.7 Å². The van der Waals surface area contributed by atoms with Crippen LogP contribution in [0.1, 0.15) is 18.9 Å². The summed E-state index contributed by atoms with van der Waals surface area (Å²) < 4.78 is 29.9. The van der Waals surface area contributed by atoms with Gasteiger partial charge in [0.15, 0.2) is 29.0 Å². The summed E-state index contributed by atoms with van der Waals surface area (Å²) in [5, 5.41) is 3.08. The number of guanidine groups is 1. The molecule has 6 nitrogen and oxygen atoms in total. The summed E-state index contributed by atoms with van der Waals surface area (Å²) in [7, 11) is 3.22. The first-order valence-corrected chi connectivity index (χ1v) is 9.23. The van der Waals surface area contributed by atoms with E-state index in [-0.39, 0.29) is 41.6 Å². The van der Waals surface area contributed by atoms with Gasteiger partial charge in [-0.1, -0.05) is 25.1 Å². The number of nitrogens with zero attached hydrogens (tertiary/aromatic N) is 1. The van der Waals surface area contributed by atoms with Gasteiger partial charge in [-0.15, -0.1) is 24.0 Å². The molecule has 29 heavy (non-hydrogen) atoms. The average Bonchev–Trinajstić information content (AvgIpc) is 2.72. The zero-order chi connectivity index (χ0) is 20.4. The van der Waals surface area contributed by atoms with E-state index < -0.39 is 0 Å². The second-order valence-electron chi connectivity index (χ2n) is 6.17. The number of aliphatic imine (C=N–C) groups is 1. The third-order valence-corrected chi connectivity index (χ3v) is 4.22. The van der Waals surface area contributed by atoms with Crippen LogP contribution < -0.4 is 25.3 Å². The van der Waals surface area contributed by atoms with E-state index in [1.54, 1.807) is 32.4 Å². The monoisotopic (exact) mass is 517 g/mol. The summed E-state index contributed by atoms with van der Waals surface area (Å²) in [6, 6.07) is 12.1. The van der Waals surface area contributed by atoms with E-state index in [9.17, 15) is 4.39 Å². The average molecular weight is 517 g/mol. The number of hydrogen-bond acceptors (Lipinski definition) is 4. The molecule has 0 aromatic heterocycles. The lowest BCUT2D eigenvalue weighted by molar-refractivity contribution is 0.197. The second kappa shape index (κ2) is 13.1. The Hall–Kier alpha value is -2.23.